The molecule has 0 saturated heterocycles. The predicted molar refractivity (Wildman–Crippen MR) is 112 cm³/mol. The van der Waals surface area contributed by atoms with Crippen LogP contribution < -0.4 is 0 Å². The fourth-order valence-corrected chi connectivity index (χ4v) is 3.74. The maximum absolute atomic E-state index is 4.50. The van der Waals surface area contributed by atoms with Crippen molar-refractivity contribution in [2.75, 3.05) is 0 Å². The predicted octanol–water partition coefficient (Wildman–Crippen LogP) is 4.56. The lowest BCUT2D eigenvalue weighted by molar-refractivity contribution is 1.09. The zero-order valence-corrected chi connectivity index (χ0v) is 15.2. The monoisotopic (exact) mass is 377 g/mol. The average molecular weight is 377 g/mol. The highest BCUT2D eigenvalue weighted by Crippen LogP contribution is 2.34. The number of nitrogens with one attached hydrogen (secondary N) is 3. The van der Waals surface area contributed by atoms with Crippen LogP contribution in [0.3, 0.4) is 0 Å². The van der Waals surface area contributed by atoms with Crippen LogP contribution in [0.25, 0.3) is 55.6 Å². The van der Waals surface area contributed by atoms with Crippen molar-refractivity contribution < 1.29 is 0 Å². The summed E-state index contributed by atoms with van der Waals surface area (Å²) >= 11 is 0. The molecule has 0 unspecified atom stereocenters. The number of hydrogen-bond acceptors (Lipinski definition) is 4. The Morgan fingerprint density at radius 3 is 2.62 bits per heavy atom. The lowest BCUT2D eigenvalue weighted by Gasteiger charge is -2.02. The molecular formula is C22H15N7. The van der Waals surface area contributed by atoms with Gasteiger partial charge in [0.15, 0.2) is 5.65 Å². The van der Waals surface area contributed by atoms with E-state index in [0.717, 1.165) is 49.9 Å². The van der Waals surface area contributed by atoms with Gasteiger partial charge >= 0.3 is 0 Å². The SMILES string of the molecule is c1cc(-c2ccncc2)c2cc(-c3[nH]nc4ncc(-c5cn[nH]c5)cc34)[nH]c2c1. The summed E-state index contributed by atoms with van der Waals surface area (Å²) < 4.78 is 0. The number of fused-ring (bicyclic) bond motifs is 2. The van der Waals surface area contributed by atoms with Crippen LogP contribution in [0.1, 0.15) is 0 Å². The first-order valence-electron chi connectivity index (χ1n) is 9.22. The third-order valence-electron chi connectivity index (χ3n) is 5.17. The zero-order chi connectivity index (χ0) is 19.2. The van der Waals surface area contributed by atoms with Crippen molar-refractivity contribution in [2.45, 2.75) is 0 Å². The second kappa shape index (κ2) is 6.13. The summed E-state index contributed by atoms with van der Waals surface area (Å²) in [5.74, 6) is 0. The van der Waals surface area contributed by atoms with Gasteiger partial charge < -0.3 is 4.98 Å². The Bertz CT molecular complexity index is 1440. The molecule has 6 rings (SSSR count). The molecule has 0 radical (unpaired) electrons. The van der Waals surface area contributed by atoms with Gasteiger partial charge in [0.25, 0.3) is 0 Å². The van der Waals surface area contributed by atoms with E-state index in [9.17, 15) is 0 Å². The molecular weight excluding hydrogens is 362 g/mol. The fraction of sp³-hybridized carbons (Fsp3) is 0. The van der Waals surface area contributed by atoms with Gasteiger partial charge in [-0.1, -0.05) is 12.1 Å². The molecule has 7 nitrogen and oxygen atoms in total. The van der Waals surface area contributed by atoms with Crippen molar-refractivity contribution in [1.82, 2.24) is 35.3 Å². The highest BCUT2D eigenvalue weighted by Gasteiger charge is 2.14. The van der Waals surface area contributed by atoms with E-state index in [0.29, 0.717) is 5.65 Å². The van der Waals surface area contributed by atoms with Crippen molar-refractivity contribution in [3.63, 3.8) is 0 Å². The van der Waals surface area contributed by atoms with Gasteiger partial charge in [0.1, 0.15) is 0 Å². The number of benzene rings is 1. The maximum atomic E-state index is 4.50. The molecule has 1 aromatic carbocycles. The van der Waals surface area contributed by atoms with Gasteiger partial charge in [-0.3, -0.25) is 15.2 Å². The minimum atomic E-state index is 0.681. The van der Waals surface area contributed by atoms with E-state index in [4.69, 9.17) is 0 Å². The third-order valence-corrected chi connectivity index (χ3v) is 5.17. The van der Waals surface area contributed by atoms with Gasteiger partial charge in [-0.15, -0.1) is 0 Å². The first-order chi connectivity index (χ1) is 14.4. The van der Waals surface area contributed by atoms with E-state index < -0.39 is 0 Å². The van der Waals surface area contributed by atoms with E-state index in [1.54, 1.807) is 6.20 Å². The first-order valence-corrected chi connectivity index (χ1v) is 9.22. The summed E-state index contributed by atoms with van der Waals surface area (Å²) in [6.45, 7) is 0. The number of rotatable bonds is 3. The van der Waals surface area contributed by atoms with Gasteiger partial charge in [0.2, 0.25) is 0 Å². The van der Waals surface area contributed by atoms with Crippen LogP contribution in [-0.2, 0) is 0 Å². The molecule has 3 N–H and O–H groups in total. The molecule has 0 amide bonds. The van der Waals surface area contributed by atoms with Crippen molar-refractivity contribution in [1.29, 1.82) is 0 Å². The molecule has 138 valence electrons. The summed E-state index contributed by atoms with van der Waals surface area (Å²) in [6.07, 6.45) is 9.07. The van der Waals surface area contributed by atoms with E-state index in [-0.39, 0.29) is 0 Å². The minimum Gasteiger partial charge on any atom is -0.353 e. The lowest BCUT2D eigenvalue weighted by Crippen LogP contribution is -1.81. The molecule has 6 aromatic rings. The second-order valence-corrected chi connectivity index (χ2v) is 6.87. The van der Waals surface area contributed by atoms with Crippen LogP contribution in [-0.4, -0.2) is 35.3 Å². The minimum absolute atomic E-state index is 0.681. The molecule has 29 heavy (non-hydrogen) atoms. The van der Waals surface area contributed by atoms with Crippen molar-refractivity contribution in [3.8, 4) is 33.6 Å². The Balaban J connectivity index is 1.54. The molecule has 0 aliphatic rings. The molecule has 5 aromatic heterocycles. The van der Waals surface area contributed by atoms with E-state index in [1.165, 1.54) is 0 Å². The van der Waals surface area contributed by atoms with E-state index in [2.05, 4.69) is 65.7 Å². The Morgan fingerprint density at radius 2 is 1.76 bits per heavy atom. The number of hydrogen-bond donors (Lipinski definition) is 3. The molecule has 0 aliphatic heterocycles. The molecule has 0 atom stereocenters. The maximum Gasteiger partial charge on any atom is 0.181 e. The summed E-state index contributed by atoms with van der Waals surface area (Å²) in [5.41, 5.74) is 7.90. The van der Waals surface area contributed by atoms with E-state index in [1.807, 2.05) is 36.9 Å². The van der Waals surface area contributed by atoms with Gasteiger partial charge in [-0.25, -0.2) is 4.98 Å². The molecule has 5 heterocycles. The van der Waals surface area contributed by atoms with Crippen LogP contribution in [0.4, 0.5) is 0 Å². The largest absolute Gasteiger partial charge is 0.353 e. The standard InChI is InChI=1S/C22H15N7/c1-2-16(13-4-6-23-7-5-13)17-9-20(27-19(17)3-1)21-18-8-14(15-11-25-26-12-15)10-24-22(18)29-28-21/h1-12,27H,(H,25,26)(H,24,28,29). The Kier molecular flexibility index (Phi) is 3.33. The molecule has 7 heteroatoms. The van der Waals surface area contributed by atoms with E-state index >= 15 is 0 Å². The number of aromatic amines is 3. The summed E-state index contributed by atoms with van der Waals surface area (Å²) in [4.78, 5) is 12.1. The van der Waals surface area contributed by atoms with Crippen molar-refractivity contribution >= 4 is 21.9 Å². The normalized spacial score (nSPS) is 11.4. The molecule has 0 aliphatic carbocycles. The van der Waals surface area contributed by atoms with Crippen LogP contribution >= 0.6 is 0 Å². The highest BCUT2D eigenvalue weighted by atomic mass is 15.2. The number of H-pyrrole nitrogens is 3. The topological polar surface area (TPSA) is 98.9 Å². The quantitative estimate of drug-likeness (QED) is 0.421. The average Bonchev–Trinajstić information content (AvgIpc) is 3.52. The number of aromatic nitrogens is 7. The molecule has 0 fully saturated rings. The summed E-state index contributed by atoms with van der Waals surface area (Å²) in [6, 6.07) is 14.5. The number of nitrogens with zero attached hydrogens (tertiary/aromatic N) is 4. The van der Waals surface area contributed by atoms with Gasteiger partial charge in [0.05, 0.1) is 17.6 Å². The molecule has 0 spiro atoms. The first kappa shape index (κ1) is 15.8. The third kappa shape index (κ3) is 2.52. The van der Waals surface area contributed by atoms with Crippen molar-refractivity contribution in [3.05, 3.63) is 73.4 Å². The smallest absolute Gasteiger partial charge is 0.181 e. The lowest BCUT2D eigenvalue weighted by atomic mass is 10.0. The van der Waals surface area contributed by atoms with Crippen LogP contribution in [0.15, 0.2) is 73.4 Å². The molecule has 0 saturated carbocycles. The van der Waals surface area contributed by atoms with Crippen LogP contribution in [0.2, 0.25) is 0 Å². The summed E-state index contributed by atoms with van der Waals surface area (Å²) in [7, 11) is 0. The van der Waals surface area contributed by atoms with Gasteiger partial charge in [0, 0.05) is 52.2 Å². The Labute approximate surface area is 164 Å². The van der Waals surface area contributed by atoms with Crippen molar-refractivity contribution in [2.24, 2.45) is 0 Å². The van der Waals surface area contributed by atoms with Gasteiger partial charge in [-0.05, 0) is 41.5 Å². The number of pyridine rings is 2. The second-order valence-electron chi connectivity index (χ2n) is 6.87. The van der Waals surface area contributed by atoms with Gasteiger partial charge in [-0.2, -0.15) is 10.2 Å². The zero-order valence-electron chi connectivity index (χ0n) is 15.2. The summed E-state index contributed by atoms with van der Waals surface area (Å²) in [5, 5.41) is 16.5. The van der Waals surface area contributed by atoms with Crippen LogP contribution in [0, 0.1) is 0 Å². The Morgan fingerprint density at radius 1 is 0.828 bits per heavy atom. The fourth-order valence-electron chi connectivity index (χ4n) is 3.74. The molecule has 0 bridgehead atoms. The Hall–Kier alpha value is -4.26. The van der Waals surface area contributed by atoms with Crippen LogP contribution in [0.5, 0.6) is 0 Å². The highest BCUT2D eigenvalue weighted by molar-refractivity contribution is 6.01.